The number of carbonyl (C=O) groups excluding carboxylic acids is 1. The van der Waals surface area contributed by atoms with Gasteiger partial charge < -0.3 is 10.2 Å². The number of hydrogen-bond acceptors (Lipinski definition) is 8. The van der Waals surface area contributed by atoms with Crippen molar-refractivity contribution >= 4 is 41.1 Å². The lowest BCUT2D eigenvalue weighted by atomic mass is 10.0. The summed E-state index contributed by atoms with van der Waals surface area (Å²) in [6.45, 7) is 1.48. The third kappa shape index (κ3) is 5.03. The number of nitro benzene ring substituents is 2. The van der Waals surface area contributed by atoms with Gasteiger partial charge >= 0.3 is 23.3 Å². The molecule has 1 heterocycles. The smallest absolute Gasteiger partial charge is 0.348 e. The lowest BCUT2D eigenvalue weighted by Gasteiger charge is -2.10. The van der Waals surface area contributed by atoms with Crippen LogP contribution in [0.15, 0.2) is 41.5 Å². The third-order valence-corrected chi connectivity index (χ3v) is 4.09. The highest BCUT2D eigenvalue weighted by Crippen LogP contribution is 2.32. The Morgan fingerprint density at radius 3 is 1.97 bits per heavy atom. The first kappa shape index (κ1) is 22.6. The van der Waals surface area contributed by atoms with Crippen LogP contribution in [0.1, 0.15) is 32.7 Å². The maximum atomic E-state index is 11.4. The largest absolute Gasteiger partial charge is 0.478 e. The van der Waals surface area contributed by atoms with Gasteiger partial charge in [0.2, 0.25) is 0 Å². The van der Waals surface area contributed by atoms with Crippen LogP contribution in [0.3, 0.4) is 0 Å². The molecule has 0 saturated heterocycles. The molecule has 0 fully saturated rings. The van der Waals surface area contributed by atoms with Gasteiger partial charge in [0.15, 0.2) is 0 Å². The monoisotopic (exact) mass is 430 g/mol. The standard InChI is InChI=1S/C9H6N4O5.C9H8O4/c14-9-3-4-10-11(9)6-1-2-7(12(15)16)8(5-6)13(17)18;1-5-6(8(10)11)3-2-4-7(5)9(12)13/h1-2,4-5H,3H2;2-4H,1H3,(H,10,11)(H,12,13). The Bertz CT molecular complexity index is 1090. The first-order valence-electron chi connectivity index (χ1n) is 8.39. The molecule has 0 aromatic heterocycles. The SMILES string of the molecule is Cc1c(C(=O)O)cccc1C(=O)O.O=C1CC=NN1c1ccc([N+](=O)[O-])c([N+](=O)[O-])c1. The molecule has 1 aliphatic rings. The Kier molecular flexibility index (Phi) is 6.72. The summed E-state index contributed by atoms with van der Waals surface area (Å²) in [4.78, 5) is 52.2. The van der Waals surface area contributed by atoms with Crippen molar-refractivity contribution in [1.29, 1.82) is 0 Å². The molecular formula is C18H14N4O9. The molecule has 2 aromatic rings. The Labute approximate surface area is 173 Å². The molecule has 160 valence electrons. The molecule has 3 rings (SSSR count). The molecule has 1 amide bonds. The summed E-state index contributed by atoms with van der Waals surface area (Å²) in [5.41, 5.74) is -0.833. The van der Waals surface area contributed by atoms with Gasteiger partial charge in [0.1, 0.15) is 0 Å². The van der Waals surface area contributed by atoms with Gasteiger partial charge in [0.25, 0.3) is 5.91 Å². The summed E-state index contributed by atoms with van der Waals surface area (Å²) in [5.74, 6) is -2.57. The molecule has 2 N–H and O–H groups in total. The zero-order valence-corrected chi connectivity index (χ0v) is 15.8. The normalized spacial score (nSPS) is 12.2. The first-order valence-corrected chi connectivity index (χ1v) is 8.39. The van der Waals surface area contributed by atoms with E-state index in [0.29, 0.717) is 0 Å². The number of hydrogen-bond donors (Lipinski definition) is 2. The van der Waals surface area contributed by atoms with Crippen LogP contribution in [0.25, 0.3) is 0 Å². The number of carboxylic acid groups (broad SMARTS) is 2. The number of hydrazone groups is 1. The third-order valence-electron chi connectivity index (χ3n) is 4.09. The van der Waals surface area contributed by atoms with Crippen molar-refractivity contribution in [3.05, 3.63) is 73.3 Å². The van der Waals surface area contributed by atoms with Crippen molar-refractivity contribution in [2.75, 3.05) is 5.01 Å². The van der Waals surface area contributed by atoms with Gasteiger partial charge in [0, 0.05) is 18.3 Å². The van der Waals surface area contributed by atoms with E-state index in [2.05, 4.69) is 5.10 Å². The number of nitrogens with zero attached hydrogens (tertiary/aromatic N) is 4. The molecule has 13 nitrogen and oxygen atoms in total. The minimum atomic E-state index is -1.11. The van der Waals surface area contributed by atoms with Gasteiger partial charge in [-0.05, 0) is 30.7 Å². The Hall–Kier alpha value is -4.68. The van der Waals surface area contributed by atoms with Crippen molar-refractivity contribution < 1.29 is 34.4 Å². The Balaban J connectivity index is 0.000000233. The molecule has 0 bridgehead atoms. The zero-order chi connectivity index (χ0) is 23.3. The molecular weight excluding hydrogens is 416 g/mol. The van der Waals surface area contributed by atoms with Crippen LogP contribution >= 0.6 is 0 Å². The number of nitro groups is 2. The molecule has 0 radical (unpaired) electrons. The fourth-order valence-electron chi connectivity index (χ4n) is 2.61. The van der Waals surface area contributed by atoms with E-state index in [-0.39, 0.29) is 34.7 Å². The number of rotatable bonds is 5. The lowest BCUT2D eigenvalue weighted by Crippen LogP contribution is -2.19. The average Bonchev–Trinajstić information content (AvgIpc) is 3.13. The summed E-state index contributed by atoms with van der Waals surface area (Å²) >= 11 is 0. The number of amides is 1. The number of carbonyl (C=O) groups is 3. The molecule has 13 heteroatoms. The van der Waals surface area contributed by atoms with Crippen molar-refractivity contribution in [1.82, 2.24) is 0 Å². The van der Waals surface area contributed by atoms with E-state index in [0.717, 1.165) is 17.1 Å². The van der Waals surface area contributed by atoms with Gasteiger partial charge in [-0.1, -0.05) is 6.07 Å². The van der Waals surface area contributed by atoms with Crippen LogP contribution in [-0.2, 0) is 4.79 Å². The quantitative estimate of drug-likeness (QED) is 0.529. The second kappa shape index (κ2) is 9.21. The summed E-state index contributed by atoms with van der Waals surface area (Å²) in [7, 11) is 0. The molecule has 0 atom stereocenters. The number of carboxylic acids is 2. The van der Waals surface area contributed by atoms with E-state index in [1.807, 2.05) is 0 Å². The van der Waals surface area contributed by atoms with Crippen LogP contribution < -0.4 is 5.01 Å². The van der Waals surface area contributed by atoms with Gasteiger partial charge in [-0.2, -0.15) is 5.10 Å². The number of aromatic carboxylic acids is 2. The molecule has 0 aliphatic carbocycles. The molecule has 0 saturated carbocycles. The van der Waals surface area contributed by atoms with Crippen molar-refractivity contribution in [2.45, 2.75) is 13.3 Å². The van der Waals surface area contributed by atoms with E-state index in [1.165, 1.54) is 37.4 Å². The Morgan fingerprint density at radius 1 is 1.00 bits per heavy atom. The van der Waals surface area contributed by atoms with E-state index in [9.17, 15) is 34.6 Å². The minimum Gasteiger partial charge on any atom is -0.478 e. The second-order valence-electron chi connectivity index (χ2n) is 5.98. The molecule has 2 aromatic carbocycles. The summed E-state index contributed by atoms with van der Waals surface area (Å²) < 4.78 is 0. The van der Waals surface area contributed by atoms with Crippen LogP contribution in [0, 0.1) is 27.2 Å². The Morgan fingerprint density at radius 2 is 1.55 bits per heavy atom. The average molecular weight is 430 g/mol. The van der Waals surface area contributed by atoms with E-state index < -0.39 is 33.2 Å². The molecule has 0 unspecified atom stereocenters. The summed E-state index contributed by atoms with van der Waals surface area (Å²) in [6, 6.07) is 7.35. The maximum absolute atomic E-state index is 11.4. The predicted octanol–water partition coefficient (Wildman–Crippen LogP) is 2.62. The van der Waals surface area contributed by atoms with Gasteiger partial charge in [-0.15, -0.1) is 0 Å². The highest BCUT2D eigenvalue weighted by atomic mass is 16.6. The van der Waals surface area contributed by atoms with E-state index in [1.54, 1.807) is 0 Å². The molecule has 0 spiro atoms. The van der Waals surface area contributed by atoms with Crippen LogP contribution in [0.5, 0.6) is 0 Å². The van der Waals surface area contributed by atoms with Crippen LogP contribution in [0.4, 0.5) is 17.1 Å². The molecule has 31 heavy (non-hydrogen) atoms. The predicted molar refractivity (Wildman–Crippen MR) is 105 cm³/mol. The number of benzene rings is 2. The van der Waals surface area contributed by atoms with Crippen molar-refractivity contribution in [3.8, 4) is 0 Å². The maximum Gasteiger partial charge on any atom is 0.348 e. The number of anilines is 1. The minimum absolute atomic E-state index is 0.0277. The van der Waals surface area contributed by atoms with Gasteiger partial charge in [-0.25, -0.2) is 14.6 Å². The van der Waals surface area contributed by atoms with E-state index in [4.69, 9.17) is 10.2 Å². The summed E-state index contributed by atoms with van der Waals surface area (Å²) in [5, 5.41) is 43.4. The highest BCUT2D eigenvalue weighted by molar-refractivity contribution is 6.05. The van der Waals surface area contributed by atoms with E-state index >= 15 is 0 Å². The fourth-order valence-corrected chi connectivity index (χ4v) is 2.61. The van der Waals surface area contributed by atoms with Gasteiger partial charge in [0.05, 0.1) is 33.1 Å². The van der Waals surface area contributed by atoms with Crippen molar-refractivity contribution in [3.63, 3.8) is 0 Å². The van der Waals surface area contributed by atoms with Crippen LogP contribution in [-0.4, -0.2) is 44.1 Å². The zero-order valence-electron chi connectivity index (χ0n) is 15.8. The fraction of sp³-hybridized carbons (Fsp3) is 0.111. The van der Waals surface area contributed by atoms with Gasteiger partial charge in [-0.3, -0.25) is 25.0 Å². The lowest BCUT2D eigenvalue weighted by molar-refractivity contribution is -0.422. The molecule has 1 aliphatic heterocycles. The second-order valence-corrected chi connectivity index (χ2v) is 5.98. The van der Waals surface area contributed by atoms with Crippen LogP contribution in [0.2, 0.25) is 0 Å². The summed E-state index contributed by atoms with van der Waals surface area (Å²) in [6.07, 6.45) is 1.46. The topological polar surface area (TPSA) is 194 Å². The highest BCUT2D eigenvalue weighted by Gasteiger charge is 2.28. The van der Waals surface area contributed by atoms with Crippen molar-refractivity contribution in [2.24, 2.45) is 5.10 Å². The first-order chi connectivity index (χ1) is 14.5.